The summed E-state index contributed by atoms with van der Waals surface area (Å²) in [6.07, 6.45) is 4.62. The first-order valence-corrected chi connectivity index (χ1v) is 7.19. The van der Waals surface area contributed by atoms with Gasteiger partial charge in [0.25, 0.3) is 5.91 Å². The topological polar surface area (TPSA) is 89.7 Å². The lowest BCUT2D eigenvalue weighted by Gasteiger charge is -2.13. The van der Waals surface area contributed by atoms with Crippen molar-refractivity contribution in [3.8, 4) is 0 Å². The van der Waals surface area contributed by atoms with E-state index >= 15 is 0 Å². The van der Waals surface area contributed by atoms with Crippen LogP contribution in [0.2, 0.25) is 0 Å². The van der Waals surface area contributed by atoms with Gasteiger partial charge in [0.15, 0.2) is 0 Å². The van der Waals surface area contributed by atoms with Crippen LogP contribution >= 0.6 is 0 Å². The van der Waals surface area contributed by atoms with E-state index < -0.39 is 0 Å². The zero-order valence-corrected chi connectivity index (χ0v) is 12.2. The number of hydrogen-bond donors (Lipinski definition) is 2. The second kappa shape index (κ2) is 5.55. The highest BCUT2D eigenvalue weighted by atomic mass is 16.2. The molecule has 1 atom stereocenters. The Bertz CT molecular complexity index is 621. The van der Waals surface area contributed by atoms with E-state index in [1.54, 1.807) is 10.9 Å². The third-order valence-corrected chi connectivity index (χ3v) is 3.53. The van der Waals surface area contributed by atoms with Crippen molar-refractivity contribution in [2.24, 2.45) is 0 Å². The van der Waals surface area contributed by atoms with Crippen molar-refractivity contribution in [1.82, 2.24) is 29.6 Å². The average Bonchev–Trinajstić information content (AvgIpc) is 3.13. The number of carbonyl (C=O) groups is 1. The number of hydrogen-bond acceptors (Lipinski definition) is 5. The molecule has 21 heavy (non-hydrogen) atoms. The second-order valence-corrected chi connectivity index (χ2v) is 5.03. The van der Waals surface area contributed by atoms with Crippen LogP contribution in [0.5, 0.6) is 0 Å². The number of imidazole rings is 1. The number of nitrogens with zero attached hydrogens (tertiary/aromatic N) is 5. The predicted octanol–water partition coefficient (Wildman–Crippen LogP) is 0.801. The number of rotatable bonds is 4. The number of amides is 1. The van der Waals surface area contributed by atoms with E-state index in [0.29, 0.717) is 5.95 Å². The Labute approximate surface area is 122 Å². The van der Waals surface area contributed by atoms with E-state index in [2.05, 4.69) is 25.7 Å². The molecule has 3 rings (SSSR count). The normalized spacial score (nSPS) is 15.1. The highest BCUT2D eigenvalue weighted by Gasteiger charge is 2.21. The number of nitrogens with one attached hydrogen (secondary N) is 2. The third-order valence-electron chi connectivity index (χ3n) is 3.53. The van der Waals surface area contributed by atoms with Crippen molar-refractivity contribution < 1.29 is 4.79 Å². The summed E-state index contributed by atoms with van der Waals surface area (Å²) >= 11 is 0. The van der Waals surface area contributed by atoms with Crippen molar-refractivity contribution in [1.29, 1.82) is 0 Å². The molecule has 0 radical (unpaired) electrons. The monoisotopic (exact) mass is 289 g/mol. The molecule has 2 aromatic heterocycles. The van der Waals surface area contributed by atoms with Crippen molar-refractivity contribution in [2.45, 2.75) is 39.4 Å². The Balaban J connectivity index is 1.72. The van der Waals surface area contributed by atoms with E-state index in [-0.39, 0.29) is 17.8 Å². The first kappa shape index (κ1) is 13.6. The number of carbonyl (C=O) groups excluding carboxylic acids is 1. The Morgan fingerprint density at radius 3 is 3.19 bits per heavy atom. The van der Waals surface area contributed by atoms with Gasteiger partial charge >= 0.3 is 0 Å². The van der Waals surface area contributed by atoms with E-state index in [0.717, 1.165) is 31.9 Å². The van der Waals surface area contributed by atoms with E-state index in [9.17, 15) is 4.79 Å². The molecule has 1 aliphatic rings. The third kappa shape index (κ3) is 2.61. The summed E-state index contributed by atoms with van der Waals surface area (Å²) in [5, 5.41) is 10.3. The van der Waals surface area contributed by atoms with E-state index in [1.165, 1.54) is 0 Å². The van der Waals surface area contributed by atoms with Crippen molar-refractivity contribution >= 4 is 11.9 Å². The summed E-state index contributed by atoms with van der Waals surface area (Å²) in [5.41, 5.74) is 0. The molecule has 0 saturated carbocycles. The molecule has 1 amide bonds. The van der Waals surface area contributed by atoms with Gasteiger partial charge in [-0.25, -0.2) is 9.67 Å². The number of aromatic nitrogens is 5. The maximum Gasteiger partial charge on any atom is 0.291 e. The lowest BCUT2D eigenvalue weighted by atomic mass is 10.3. The highest BCUT2D eigenvalue weighted by Crippen LogP contribution is 2.13. The minimum absolute atomic E-state index is 0.194. The maximum atomic E-state index is 12.3. The summed E-state index contributed by atoms with van der Waals surface area (Å²) in [6.45, 7) is 6.41. The molecule has 8 nitrogen and oxygen atoms in total. The van der Waals surface area contributed by atoms with Crippen molar-refractivity contribution in [3.05, 3.63) is 24.0 Å². The maximum absolute atomic E-state index is 12.3. The zero-order valence-electron chi connectivity index (χ0n) is 12.2. The van der Waals surface area contributed by atoms with Crippen molar-refractivity contribution in [3.63, 3.8) is 0 Å². The number of aryl methyl sites for hydroxylation is 2. The van der Waals surface area contributed by atoms with E-state index in [1.807, 2.05) is 24.6 Å². The van der Waals surface area contributed by atoms with Gasteiger partial charge in [0.1, 0.15) is 5.82 Å². The Morgan fingerprint density at radius 2 is 2.43 bits per heavy atom. The molecule has 2 N–H and O–H groups in total. The fourth-order valence-corrected chi connectivity index (χ4v) is 2.45. The van der Waals surface area contributed by atoms with Gasteiger partial charge < -0.3 is 15.2 Å². The molecule has 1 aliphatic heterocycles. The van der Waals surface area contributed by atoms with Crippen molar-refractivity contribution in [2.75, 3.05) is 11.9 Å². The SMILES string of the molecule is CCn1ccnc1C(C)NC(=O)c1nc2n(n1)CCCN2. The molecule has 2 aromatic rings. The molecule has 112 valence electrons. The molecule has 8 heteroatoms. The van der Waals surface area contributed by atoms with Gasteiger partial charge in [-0.3, -0.25) is 4.79 Å². The summed E-state index contributed by atoms with van der Waals surface area (Å²) in [5.74, 6) is 1.40. The van der Waals surface area contributed by atoms with E-state index in [4.69, 9.17) is 0 Å². The Kier molecular flexibility index (Phi) is 3.59. The minimum Gasteiger partial charge on any atom is -0.354 e. The van der Waals surface area contributed by atoms with Gasteiger partial charge in [-0.15, -0.1) is 5.10 Å². The summed E-state index contributed by atoms with van der Waals surface area (Å²) in [4.78, 5) is 20.8. The van der Waals surface area contributed by atoms with Crippen LogP contribution in [0.15, 0.2) is 12.4 Å². The first-order chi connectivity index (χ1) is 10.2. The van der Waals surface area contributed by atoms with Crippen LogP contribution in [0.4, 0.5) is 5.95 Å². The lowest BCUT2D eigenvalue weighted by molar-refractivity contribution is 0.0927. The molecule has 0 aromatic carbocycles. The van der Waals surface area contributed by atoms with Gasteiger partial charge in [0, 0.05) is 32.0 Å². The quantitative estimate of drug-likeness (QED) is 0.869. The summed E-state index contributed by atoms with van der Waals surface area (Å²) in [7, 11) is 0. The zero-order chi connectivity index (χ0) is 14.8. The van der Waals surface area contributed by atoms with Crippen LogP contribution in [0.25, 0.3) is 0 Å². The average molecular weight is 289 g/mol. The fraction of sp³-hybridized carbons (Fsp3) is 0.538. The van der Waals surface area contributed by atoms with Crippen LogP contribution in [-0.2, 0) is 13.1 Å². The lowest BCUT2D eigenvalue weighted by Crippen LogP contribution is -2.29. The summed E-state index contributed by atoms with van der Waals surface area (Å²) in [6, 6.07) is -0.194. The first-order valence-electron chi connectivity index (χ1n) is 7.19. The fourth-order valence-electron chi connectivity index (χ4n) is 2.45. The molecule has 0 spiro atoms. The largest absolute Gasteiger partial charge is 0.354 e. The van der Waals surface area contributed by atoms with Gasteiger partial charge in [0.2, 0.25) is 11.8 Å². The molecule has 3 heterocycles. The molecule has 0 saturated heterocycles. The van der Waals surface area contributed by atoms with Crippen LogP contribution in [0, 0.1) is 0 Å². The molecule has 0 bridgehead atoms. The Hall–Kier alpha value is -2.38. The van der Waals surface area contributed by atoms with Crippen LogP contribution in [0.3, 0.4) is 0 Å². The minimum atomic E-state index is -0.281. The van der Waals surface area contributed by atoms with Crippen LogP contribution < -0.4 is 10.6 Å². The van der Waals surface area contributed by atoms with Gasteiger partial charge in [-0.2, -0.15) is 4.98 Å². The standard InChI is InChI=1S/C13H19N7O/c1-3-19-8-6-14-11(19)9(2)16-12(21)10-17-13-15-5-4-7-20(13)18-10/h6,8-9H,3-5,7H2,1-2H3,(H,16,21)(H,15,17,18). The predicted molar refractivity (Wildman–Crippen MR) is 76.9 cm³/mol. The summed E-state index contributed by atoms with van der Waals surface area (Å²) < 4.78 is 3.73. The molecule has 0 aliphatic carbocycles. The molecular formula is C13H19N7O. The van der Waals surface area contributed by atoms with Crippen LogP contribution in [0.1, 0.15) is 42.8 Å². The van der Waals surface area contributed by atoms with Gasteiger partial charge in [-0.1, -0.05) is 0 Å². The number of fused-ring (bicyclic) bond motifs is 1. The molecular weight excluding hydrogens is 270 g/mol. The van der Waals surface area contributed by atoms with Crippen LogP contribution in [-0.4, -0.2) is 36.8 Å². The molecule has 0 fully saturated rings. The van der Waals surface area contributed by atoms with Gasteiger partial charge in [-0.05, 0) is 20.3 Å². The second-order valence-electron chi connectivity index (χ2n) is 5.03. The number of anilines is 1. The highest BCUT2D eigenvalue weighted by molar-refractivity contribution is 5.90. The Morgan fingerprint density at radius 1 is 1.57 bits per heavy atom. The molecule has 1 unspecified atom stereocenters. The smallest absolute Gasteiger partial charge is 0.291 e. The van der Waals surface area contributed by atoms with Gasteiger partial charge in [0.05, 0.1) is 6.04 Å².